The molecule has 2 aromatic carbocycles. The highest BCUT2D eigenvalue weighted by Crippen LogP contribution is 2.41. The van der Waals surface area contributed by atoms with Crippen molar-refractivity contribution >= 4 is 6.08 Å². The molecule has 1 heterocycles. The molecule has 0 aliphatic carbocycles. The number of rotatable bonds is 13. The molecule has 0 bridgehead atoms. The van der Waals surface area contributed by atoms with Crippen molar-refractivity contribution in [2.75, 3.05) is 41.2 Å². The number of hydrogen-bond donors (Lipinski definition) is 7. The van der Waals surface area contributed by atoms with Gasteiger partial charge in [-0.2, -0.15) is 0 Å². The predicted octanol–water partition coefficient (Wildman–Crippen LogP) is -0.279. The Labute approximate surface area is 231 Å². The minimum atomic E-state index is -1.67. The SMILES string of the molecule is COc1cc([C@H](O)[C@@H](CO[C@@H]2O[C@H](CO)[C@@H](O)[C@H](O)[C@H]2O)Oc2c(OC)cc(/C=C/CO)cc2OC)ccc1O. The van der Waals surface area contributed by atoms with E-state index >= 15 is 0 Å². The lowest BCUT2D eigenvalue weighted by molar-refractivity contribution is -0.305. The maximum absolute atomic E-state index is 11.3. The standard InChI is InChI=1S/C27H36O13/c1-35-17-11-15(6-7-16(17)30)22(31)21(13-38-27-25(34)24(33)23(32)20(12-29)40-27)39-26-18(36-2)9-14(5-4-8-28)10-19(26)37-3/h4-7,9-11,20-25,27-34H,8,12-13H2,1-3H3/b5-4+/t20-,21-,22+,23-,24+,25-,27-/m1/s1. The fraction of sp³-hybridized carbons (Fsp3) is 0.481. The van der Waals surface area contributed by atoms with Crippen LogP contribution >= 0.6 is 0 Å². The van der Waals surface area contributed by atoms with E-state index in [-0.39, 0.29) is 40.9 Å². The van der Waals surface area contributed by atoms with Gasteiger partial charge >= 0.3 is 0 Å². The van der Waals surface area contributed by atoms with Crippen molar-refractivity contribution in [3.8, 4) is 28.7 Å². The van der Waals surface area contributed by atoms with Gasteiger partial charge in [-0.1, -0.05) is 18.2 Å². The van der Waals surface area contributed by atoms with Crippen LogP contribution in [0.4, 0.5) is 0 Å². The molecule has 2 aromatic rings. The molecule has 1 fully saturated rings. The largest absolute Gasteiger partial charge is 0.504 e. The molecule has 0 radical (unpaired) electrons. The van der Waals surface area contributed by atoms with Gasteiger partial charge in [0, 0.05) is 0 Å². The lowest BCUT2D eigenvalue weighted by Gasteiger charge is -2.40. The van der Waals surface area contributed by atoms with Crippen molar-refractivity contribution in [2.45, 2.75) is 42.9 Å². The molecule has 7 atom stereocenters. The molecule has 0 amide bonds. The minimum Gasteiger partial charge on any atom is -0.504 e. The maximum atomic E-state index is 11.3. The van der Waals surface area contributed by atoms with Crippen LogP contribution in [0.15, 0.2) is 36.4 Å². The summed E-state index contributed by atoms with van der Waals surface area (Å²) >= 11 is 0. The van der Waals surface area contributed by atoms with E-state index in [1.807, 2.05) is 0 Å². The first-order chi connectivity index (χ1) is 19.2. The average molecular weight is 569 g/mol. The third kappa shape index (κ3) is 7.13. The van der Waals surface area contributed by atoms with Gasteiger partial charge in [-0.3, -0.25) is 0 Å². The number of hydrogen-bond acceptors (Lipinski definition) is 13. The summed E-state index contributed by atoms with van der Waals surface area (Å²) in [5, 5.41) is 70.5. The quantitative estimate of drug-likeness (QED) is 0.167. The summed E-state index contributed by atoms with van der Waals surface area (Å²) in [5.74, 6) is 0.498. The monoisotopic (exact) mass is 568 g/mol. The summed E-state index contributed by atoms with van der Waals surface area (Å²) in [6.45, 7) is -1.26. The lowest BCUT2D eigenvalue weighted by atomic mass is 9.99. The summed E-state index contributed by atoms with van der Waals surface area (Å²) in [5.41, 5.74) is 0.908. The van der Waals surface area contributed by atoms with Crippen LogP contribution in [-0.2, 0) is 9.47 Å². The topological polar surface area (TPSA) is 197 Å². The highest BCUT2D eigenvalue weighted by atomic mass is 16.7. The van der Waals surface area contributed by atoms with Crippen LogP contribution in [0.5, 0.6) is 28.7 Å². The first-order valence-electron chi connectivity index (χ1n) is 12.4. The molecular formula is C27H36O13. The second-order valence-corrected chi connectivity index (χ2v) is 8.90. The third-order valence-electron chi connectivity index (χ3n) is 6.34. The highest BCUT2D eigenvalue weighted by Gasteiger charge is 2.44. The number of aromatic hydroxyl groups is 1. The van der Waals surface area contributed by atoms with Gasteiger partial charge in [0.25, 0.3) is 0 Å². The summed E-state index contributed by atoms with van der Waals surface area (Å²) < 4.78 is 33.4. The lowest BCUT2D eigenvalue weighted by Crippen LogP contribution is -2.59. The Morgan fingerprint density at radius 2 is 1.55 bits per heavy atom. The molecule has 0 saturated carbocycles. The fourth-order valence-corrected chi connectivity index (χ4v) is 4.13. The third-order valence-corrected chi connectivity index (χ3v) is 6.34. The van der Waals surface area contributed by atoms with Crippen molar-refractivity contribution in [1.82, 2.24) is 0 Å². The van der Waals surface area contributed by atoms with Gasteiger partial charge in [-0.05, 0) is 35.4 Å². The Hall–Kier alpha value is -3.14. The van der Waals surface area contributed by atoms with E-state index in [1.54, 1.807) is 18.2 Å². The van der Waals surface area contributed by atoms with Gasteiger partial charge in [-0.15, -0.1) is 0 Å². The number of ether oxygens (including phenoxy) is 6. The molecule has 7 N–H and O–H groups in total. The van der Waals surface area contributed by atoms with Gasteiger partial charge in [-0.25, -0.2) is 0 Å². The van der Waals surface area contributed by atoms with Crippen LogP contribution in [-0.4, -0.2) is 114 Å². The fourth-order valence-electron chi connectivity index (χ4n) is 4.13. The first-order valence-corrected chi connectivity index (χ1v) is 12.4. The van der Waals surface area contributed by atoms with E-state index in [9.17, 15) is 30.6 Å². The molecule has 1 aliphatic heterocycles. The van der Waals surface area contributed by atoms with E-state index in [1.165, 1.54) is 45.6 Å². The summed E-state index contributed by atoms with van der Waals surface area (Å²) in [6, 6.07) is 7.42. The number of benzene rings is 2. The van der Waals surface area contributed by atoms with Crippen LogP contribution in [0.3, 0.4) is 0 Å². The van der Waals surface area contributed by atoms with Crippen molar-refractivity contribution in [3.05, 3.63) is 47.5 Å². The Bertz CT molecular complexity index is 1100. The second-order valence-electron chi connectivity index (χ2n) is 8.90. The number of phenolic OH excluding ortho intramolecular Hbond substituents is 1. The van der Waals surface area contributed by atoms with Crippen molar-refractivity contribution in [3.63, 3.8) is 0 Å². The van der Waals surface area contributed by atoms with Gasteiger partial charge in [0.05, 0.1) is 41.2 Å². The van der Waals surface area contributed by atoms with Gasteiger partial charge in [0.2, 0.25) is 5.75 Å². The molecular weight excluding hydrogens is 532 g/mol. The zero-order valence-corrected chi connectivity index (χ0v) is 22.3. The van der Waals surface area contributed by atoms with E-state index in [2.05, 4.69) is 0 Å². The van der Waals surface area contributed by atoms with E-state index in [0.29, 0.717) is 5.56 Å². The molecule has 1 aliphatic rings. The zero-order valence-electron chi connectivity index (χ0n) is 22.3. The molecule has 0 unspecified atom stereocenters. The van der Waals surface area contributed by atoms with Gasteiger partial charge in [0.1, 0.15) is 30.5 Å². The van der Waals surface area contributed by atoms with E-state index in [4.69, 9.17) is 33.5 Å². The van der Waals surface area contributed by atoms with Crippen molar-refractivity contribution in [2.24, 2.45) is 0 Å². The molecule has 13 heteroatoms. The molecule has 222 valence electrons. The number of aliphatic hydroxyl groups is 6. The molecule has 0 aromatic heterocycles. The number of methoxy groups -OCH3 is 3. The van der Waals surface area contributed by atoms with Crippen LogP contribution < -0.4 is 18.9 Å². The zero-order chi connectivity index (χ0) is 29.4. The average Bonchev–Trinajstić information content (AvgIpc) is 2.97. The van der Waals surface area contributed by atoms with Gasteiger partial charge < -0.3 is 64.2 Å². The minimum absolute atomic E-state index is 0.0957. The normalized spacial score (nSPS) is 24.5. The van der Waals surface area contributed by atoms with Crippen LogP contribution in [0.1, 0.15) is 17.2 Å². The Kier molecular flexibility index (Phi) is 11.4. The number of aliphatic hydroxyl groups excluding tert-OH is 6. The van der Waals surface area contributed by atoms with Gasteiger partial charge in [0.15, 0.2) is 35.4 Å². The number of phenols is 1. The van der Waals surface area contributed by atoms with Crippen molar-refractivity contribution < 1.29 is 64.2 Å². The summed E-state index contributed by atoms with van der Waals surface area (Å²) in [4.78, 5) is 0. The Balaban J connectivity index is 1.97. The molecule has 40 heavy (non-hydrogen) atoms. The Morgan fingerprint density at radius 1 is 0.900 bits per heavy atom. The predicted molar refractivity (Wildman–Crippen MR) is 139 cm³/mol. The first kappa shape index (κ1) is 31.4. The van der Waals surface area contributed by atoms with Crippen LogP contribution in [0.2, 0.25) is 0 Å². The summed E-state index contributed by atoms with van der Waals surface area (Å²) in [7, 11) is 4.16. The highest BCUT2D eigenvalue weighted by molar-refractivity contribution is 5.62. The second kappa shape index (κ2) is 14.5. The smallest absolute Gasteiger partial charge is 0.204 e. The summed E-state index contributed by atoms with van der Waals surface area (Å²) in [6.07, 6.45) is -7.08. The van der Waals surface area contributed by atoms with Crippen LogP contribution in [0, 0.1) is 0 Å². The molecule has 3 rings (SSSR count). The Morgan fingerprint density at radius 3 is 2.12 bits per heavy atom. The molecule has 13 nitrogen and oxygen atoms in total. The molecule has 1 saturated heterocycles. The molecule has 0 spiro atoms. The van der Waals surface area contributed by atoms with E-state index in [0.717, 1.165) is 0 Å². The maximum Gasteiger partial charge on any atom is 0.204 e. The van der Waals surface area contributed by atoms with E-state index < -0.39 is 56.1 Å². The van der Waals surface area contributed by atoms with Crippen molar-refractivity contribution in [1.29, 1.82) is 0 Å². The van der Waals surface area contributed by atoms with Crippen LogP contribution in [0.25, 0.3) is 6.08 Å².